The first-order valence-electron chi connectivity index (χ1n) is 8.14. The summed E-state index contributed by atoms with van der Waals surface area (Å²) in [5, 5.41) is 13.6. The molecule has 0 spiro atoms. The molecule has 2 aromatic carbocycles. The van der Waals surface area contributed by atoms with Crippen molar-refractivity contribution < 1.29 is 14.5 Å². The molecule has 1 unspecified atom stereocenters. The average molecular weight is 369 g/mol. The third-order valence-electron chi connectivity index (χ3n) is 4.63. The van der Waals surface area contributed by atoms with Crippen molar-refractivity contribution in [3.63, 3.8) is 0 Å². The highest BCUT2D eigenvalue weighted by molar-refractivity contribution is 8.02. The minimum atomic E-state index is -0.943. The first-order valence-corrected chi connectivity index (χ1v) is 8.96. The number of fused-ring (bicyclic) bond motifs is 3. The lowest BCUT2D eigenvalue weighted by Crippen LogP contribution is -2.52. The molecule has 1 atom stereocenters. The lowest BCUT2D eigenvalue weighted by Gasteiger charge is -2.29. The Morgan fingerprint density at radius 2 is 1.96 bits per heavy atom. The molecule has 2 heterocycles. The van der Waals surface area contributed by atoms with Crippen LogP contribution in [0.3, 0.4) is 0 Å². The molecule has 2 aliphatic rings. The van der Waals surface area contributed by atoms with Gasteiger partial charge in [-0.1, -0.05) is 36.0 Å². The van der Waals surface area contributed by atoms with Gasteiger partial charge in [-0.15, -0.1) is 0 Å². The number of nitro groups is 1. The molecule has 2 aromatic rings. The SMILES string of the molecule is O=C1CCC2(C(=O)NCc3ccc([N+](=O)[O-])cc3)Sc3ccccc3N12. The Kier molecular flexibility index (Phi) is 3.91. The summed E-state index contributed by atoms with van der Waals surface area (Å²) >= 11 is 1.41. The van der Waals surface area contributed by atoms with Gasteiger partial charge in [0.05, 0.1) is 10.6 Å². The smallest absolute Gasteiger partial charge is 0.269 e. The molecule has 2 aliphatic heterocycles. The fourth-order valence-corrected chi connectivity index (χ4v) is 4.79. The summed E-state index contributed by atoms with van der Waals surface area (Å²) in [6, 6.07) is 13.6. The number of carbonyl (C=O) groups is 2. The van der Waals surface area contributed by atoms with Gasteiger partial charge in [-0.25, -0.2) is 0 Å². The standard InChI is InChI=1S/C18H15N3O4S/c22-16-9-10-18(20(16)14-3-1-2-4-15(14)26-18)17(23)19-11-12-5-7-13(8-6-12)21(24)25/h1-8H,9-11H2,(H,19,23). The molecule has 26 heavy (non-hydrogen) atoms. The summed E-state index contributed by atoms with van der Waals surface area (Å²) in [5.41, 5.74) is 1.55. The normalized spacial score (nSPS) is 20.6. The second-order valence-corrected chi connectivity index (χ2v) is 7.51. The van der Waals surface area contributed by atoms with Crippen LogP contribution in [0.2, 0.25) is 0 Å². The van der Waals surface area contributed by atoms with Crippen molar-refractivity contribution in [2.45, 2.75) is 29.2 Å². The van der Waals surface area contributed by atoms with Crippen LogP contribution < -0.4 is 10.2 Å². The molecule has 1 fully saturated rings. The van der Waals surface area contributed by atoms with Crippen LogP contribution >= 0.6 is 11.8 Å². The molecule has 2 amide bonds. The lowest BCUT2D eigenvalue weighted by molar-refractivity contribution is -0.384. The van der Waals surface area contributed by atoms with E-state index in [0.29, 0.717) is 12.8 Å². The van der Waals surface area contributed by atoms with Gasteiger partial charge in [0.15, 0.2) is 4.87 Å². The number of nitro benzene ring substituents is 1. The Morgan fingerprint density at radius 1 is 1.23 bits per heavy atom. The highest BCUT2D eigenvalue weighted by Crippen LogP contribution is 2.55. The predicted molar refractivity (Wildman–Crippen MR) is 96.7 cm³/mol. The van der Waals surface area contributed by atoms with Crippen molar-refractivity contribution in [2.75, 3.05) is 4.90 Å². The Labute approximate surface area is 153 Å². The summed E-state index contributed by atoms with van der Waals surface area (Å²) in [4.78, 5) is 37.2. The maximum atomic E-state index is 13.0. The maximum absolute atomic E-state index is 13.0. The van der Waals surface area contributed by atoms with Crippen LogP contribution in [0, 0.1) is 10.1 Å². The third kappa shape index (κ3) is 2.53. The minimum Gasteiger partial charge on any atom is -0.349 e. The molecular weight excluding hydrogens is 354 g/mol. The molecule has 0 saturated carbocycles. The zero-order chi connectivity index (χ0) is 18.3. The van der Waals surface area contributed by atoms with Crippen LogP contribution in [0.4, 0.5) is 11.4 Å². The fraction of sp³-hybridized carbons (Fsp3) is 0.222. The molecule has 4 rings (SSSR count). The van der Waals surface area contributed by atoms with E-state index in [4.69, 9.17) is 0 Å². The average Bonchev–Trinajstić information content (AvgIpc) is 3.16. The number of benzene rings is 2. The number of carbonyl (C=O) groups excluding carboxylic acids is 2. The van der Waals surface area contributed by atoms with E-state index < -0.39 is 9.79 Å². The predicted octanol–water partition coefficient (Wildman–Crippen LogP) is 2.84. The van der Waals surface area contributed by atoms with E-state index in [1.165, 1.54) is 23.9 Å². The van der Waals surface area contributed by atoms with Crippen LogP contribution in [-0.4, -0.2) is 21.6 Å². The first-order chi connectivity index (χ1) is 12.5. The topological polar surface area (TPSA) is 92.5 Å². The lowest BCUT2D eigenvalue weighted by atomic mass is 10.1. The number of nitrogens with one attached hydrogen (secondary N) is 1. The van der Waals surface area contributed by atoms with Crippen molar-refractivity contribution in [1.82, 2.24) is 5.32 Å². The van der Waals surface area contributed by atoms with E-state index >= 15 is 0 Å². The van der Waals surface area contributed by atoms with Gasteiger partial charge in [0.2, 0.25) is 5.91 Å². The van der Waals surface area contributed by atoms with Crippen molar-refractivity contribution >= 4 is 35.0 Å². The highest BCUT2D eigenvalue weighted by atomic mass is 32.2. The zero-order valence-corrected chi connectivity index (χ0v) is 14.5. The van der Waals surface area contributed by atoms with Crippen LogP contribution in [0.5, 0.6) is 0 Å². The molecule has 0 aliphatic carbocycles. The van der Waals surface area contributed by atoms with E-state index in [0.717, 1.165) is 16.1 Å². The van der Waals surface area contributed by atoms with Gasteiger partial charge < -0.3 is 5.32 Å². The number of para-hydroxylation sites is 1. The van der Waals surface area contributed by atoms with Crippen molar-refractivity contribution in [3.05, 3.63) is 64.2 Å². The van der Waals surface area contributed by atoms with E-state index in [1.54, 1.807) is 17.0 Å². The molecule has 132 valence electrons. The van der Waals surface area contributed by atoms with Gasteiger partial charge in [-0.3, -0.25) is 24.6 Å². The van der Waals surface area contributed by atoms with Gasteiger partial charge in [0, 0.05) is 30.0 Å². The summed E-state index contributed by atoms with van der Waals surface area (Å²) in [6.45, 7) is 0.248. The van der Waals surface area contributed by atoms with Crippen molar-refractivity contribution in [2.24, 2.45) is 0 Å². The Morgan fingerprint density at radius 3 is 2.69 bits per heavy atom. The molecule has 8 heteroatoms. The molecule has 1 N–H and O–H groups in total. The highest BCUT2D eigenvalue weighted by Gasteiger charge is 2.57. The molecule has 1 saturated heterocycles. The number of amides is 2. The Bertz CT molecular complexity index is 915. The van der Waals surface area contributed by atoms with Crippen molar-refractivity contribution in [1.29, 1.82) is 0 Å². The first kappa shape index (κ1) is 16.6. The maximum Gasteiger partial charge on any atom is 0.269 e. The van der Waals surface area contributed by atoms with E-state index in [2.05, 4.69) is 5.32 Å². The van der Waals surface area contributed by atoms with Gasteiger partial charge in [-0.05, 0) is 24.1 Å². The summed E-state index contributed by atoms with van der Waals surface area (Å²) in [7, 11) is 0. The van der Waals surface area contributed by atoms with E-state index in [1.807, 2.05) is 24.3 Å². The molecule has 7 nitrogen and oxygen atoms in total. The zero-order valence-electron chi connectivity index (χ0n) is 13.7. The largest absolute Gasteiger partial charge is 0.349 e. The van der Waals surface area contributed by atoms with Crippen LogP contribution in [0.1, 0.15) is 18.4 Å². The molecule has 0 radical (unpaired) electrons. The number of thioether (sulfide) groups is 1. The Balaban J connectivity index is 1.53. The van der Waals surface area contributed by atoms with E-state index in [9.17, 15) is 19.7 Å². The van der Waals surface area contributed by atoms with Crippen molar-refractivity contribution in [3.8, 4) is 0 Å². The Hall–Kier alpha value is -2.87. The summed E-state index contributed by atoms with van der Waals surface area (Å²) in [5.74, 6) is -0.268. The minimum absolute atomic E-state index is 0.00744. The second-order valence-electron chi connectivity index (χ2n) is 6.19. The van der Waals surface area contributed by atoms with E-state index in [-0.39, 0.29) is 24.0 Å². The number of rotatable bonds is 4. The van der Waals surface area contributed by atoms with Gasteiger partial charge in [0.25, 0.3) is 11.6 Å². The number of non-ortho nitro benzene ring substituents is 1. The molecule has 0 aromatic heterocycles. The number of nitrogens with zero attached hydrogens (tertiary/aromatic N) is 2. The molecule has 0 bridgehead atoms. The van der Waals surface area contributed by atoms with Crippen LogP contribution in [0.25, 0.3) is 0 Å². The van der Waals surface area contributed by atoms with Gasteiger partial charge >= 0.3 is 0 Å². The summed E-state index contributed by atoms with van der Waals surface area (Å²) in [6.07, 6.45) is 0.795. The number of hydrogen-bond donors (Lipinski definition) is 1. The monoisotopic (exact) mass is 369 g/mol. The van der Waals surface area contributed by atoms with Gasteiger partial charge in [0.1, 0.15) is 0 Å². The second kappa shape index (κ2) is 6.14. The van der Waals surface area contributed by atoms with Gasteiger partial charge in [-0.2, -0.15) is 0 Å². The number of hydrogen-bond acceptors (Lipinski definition) is 5. The number of anilines is 1. The van der Waals surface area contributed by atoms with Crippen LogP contribution in [-0.2, 0) is 16.1 Å². The summed E-state index contributed by atoms with van der Waals surface area (Å²) < 4.78 is 0. The van der Waals surface area contributed by atoms with Crippen LogP contribution in [0.15, 0.2) is 53.4 Å². The molecular formula is C18H15N3O4S. The fourth-order valence-electron chi connectivity index (χ4n) is 3.35. The third-order valence-corrected chi connectivity index (χ3v) is 6.10. The quantitative estimate of drug-likeness (QED) is 0.661.